The van der Waals surface area contributed by atoms with Gasteiger partial charge in [-0.15, -0.1) is 0 Å². The smallest absolute Gasteiger partial charge is 0.0594 e. The van der Waals surface area contributed by atoms with Gasteiger partial charge in [-0.1, -0.05) is 61.8 Å². The van der Waals surface area contributed by atoms with Gasteiger partial charge in [-0.05, 0) is 12.5 Å². The minimum absolute atomic E-state index is 0.884. The minimum atomic E-state index is 0.884. The number of morpholine rings is 1. The van der Waals surface area contributed by atoms with E-state index in [1.54, 1.807) is 0 Å². The average molecular weight is 247 g/mol. The Hall–Kier alpha value is -0.0800. The maximum atomic E-state index is 5.16. The summed E-state index contributed by atoms with van der Waals surface area (Å²) in [7, 11) is 0. The quantitative estimate of drug-likeness (QED) is 0.715. The Morgan fingerprint density at radius 1 is 0.941 bits per heavy atom. The lowest BCUT2D eigenvalue weighted by molar-refractivity contribution is 0.0405. The van der Waals surface area contributed by atoms with Crippen molar-refractivity contribution in [3.63, 3.8) is 0 Å². The summed E-state index contributed by atoms with van der Waals surface area (Å²) in [6.07, 6.45) is 1.31. The molecule has 0 spiro atoms. The third-order valence-corrected chi connectivity index (χ3v) is 2.37. The standard InChI is InChI=1S/C6H13NO.C5H12.2C2H6/c1-2-7-3-5-8-6-4-7;1-4-5(2)3;2*1-2/h2-6H2,1H3;5H,4H2,1-3H3;2*1-2H3. The van der Waals surface area contributed by atoms with Crippen LogP contribution in [0.5, 0.6) is 0 Å². The normalized spacial score (nSPS) is 14.6. The molecule has 0 bridgehead atoms. The molecule has 2 nitrogen and oxygen atoms in total. The molecule has 0 saturated carbocycles. The van der Waals surface area contributed by atoms with E-state index >= 15 is 0 Å². The molecule has 108 valence electrons. The first-order valence-electron chi connectivity index (χ1n) is 7.50. The molecule has 0 radical (unpaired) electrons. The van der Waals surface area contributed by atoms with E-state index in [2.05, 4.69) is 32.6 Å². The van der Waals surface area contributed by atoms with Crippen molar-refractivity contribution in [3.8, 4) is 0 Å². The zero-order chi connectivity index (χ0) is 14.1. The Bertz CT molecular complexity index is 99.1. The minimum Gasteiger partial charge on any atom is -0.379 e. The van der Waals surface area contributed by atoms with Crippen molar-refractivity contribution in [3.05, 3.63) is 0 Å². The zero-order valence-corrected chi connectivity index (χ0v) is 13.7. The number of rotatable bonds is 2. The highest BCUT2D eigenvalue weighted by Crippen LogP contribution is 1.94. The van der Waals surface area contributed by atoms with Crippen LogP contribution in [0, 0.1) is 5.92 Å². The van der Waals surface area contributed by atoms with Gasteiger partial charge in [-0.2, -0.15) is 0 Å². The van der Waals surface area contributed by atoms with E-state index in [1.165, 1.54) is 13.0 Å². The van der Waals surface area contributed by atoms with Crippen molar-refractivity contribution < 1.29 is 4.74 Å². The third-order valence-electron chi connectivity index (χ3n) is 2.37. The van der Waals surface area contributed by atoms with E-state index < -0.39 is 0 Å². The SMILES string of the molecule is CC.CC.CCC(C)C.CCN1CCOCC1. The molecule has 0 unspecified atom stereocenters. The summed E-state index contributed by atoms with van der Waals surface area (Å²) < 4.78 is 5.16. The van der Waals surface area contributed by atoms with Crippen molar-refractivity contribution in [1.82, 2.24) is 4.90 Å². The lowest BCUT2D eigenvalue weighted by Crippen LogP contribution is -2.35. The Labute approximate surface area is 111 Å². The van der Waals surface area contributed by atoms with Gasteiger partial charge in [0.15, 0.2) is 0 Å². The fraction of sp³-hybridized carbons (Fsp3) is 1.00. The van der Waals surface area contributed by atoms with Crippen LogP contribution in [0.1, 0.15) is 61.8 Å². The summed E-state index contributed by atoms with van der Waals surface area (Å²) in [6, 6.07) is 0. The van der Waals surface area contributed by atoms with Crippen molar-refractivity contribution in [2.45, 2.75) is 61.8 Å². The second-order valence-corrected chi connectivity index (χ2v) is 3.85. The van der Waals surface area contributed by atoms with Crippen LogP contribution in [0.3, 0.4) is 0 Å². The van der Waals surface area contributed by atoms with Gasteiger partial charge in [0.05, 0.1) is 13.2 Å². The number of ether oxygens (including phenoxy) is 1. The zero-order valence-electron chi connectivity index (χ0n) is 13.7. The molecular formula is C15H37NO. The maximum absolute atomic E-state index is 5.16. The van der Waals surface area contributed by atoms with Gasteiger partial charge in [0.25, 0.3) is 0 Å². The molecule has 1 fully saturated rings. The Morgan fingerprint density at radius 2 is 1.29 bits per heavy atom. The fourth-order valence-electron chi connectivity index (χ4n) is 0.917. The second-order valence-electron chi connectivity index (χ2n) is 3.85. The number of likely N-dealkylation sites (N-methyl/N-ethyl adjacent to an activating group) is 1. The van der Waals surface area contributed by atoms with Gasteiger partial charge in [-0.3, -0.25) is 4.90 Å². The maximum Gasteiger partial charge on any atom is 0.0594 e. The van der Waals surface area contributed by atoms with Crippen LogP contribution >= 0.6 is 0 Å². The first-order chi connectivity index (χ1) is 8.20. The molecule has 0 atom stereocenters. The second kappa shape index (κ2) is 21.2. The van der Waals surface area contributed by atoms with Gasteiger partial charge < -0.3 is 4.74 Å². The van der Waals surface area contributed by atoms with E-state index in [4.69, 9.17) is 4.74 Å². The number of hydrogen-bond acceptors (Lipinski definition) is 2. The van der Waals surface area contributed by atoms with Crippen LogP contribution in [0.15, 0.2) is 0 Å². The molecule has 1 heterocycles. The van der Waals surface area contributed by atoms with Crippen LogP contribution in [-0.2, 0) is 4.74 Å². The van der Waals surface area contributed by atoms with E-state index in [9.17, 15) is 0 Å². The molecule has 1 aliphatic heterocycles. The number of nitrogens with zero attached hydrogens (tertiary/aromatic N) is 1. The topological polar surface area (TPSA) is 12.5 Å². The Balaban J connectivity index is -0.000000190. The molecular weight excluding hydrogens is 210 g/mol. The van der Waals surface area contributed by atoms with Crippen molar-refractivity contribution in [2.75, 3.05) is 32.8 Å². The molecule has 2 heteroatoms. The van der Waals surface area contributed by atoms with Crippen LogP contribution in [-0.4, -0.2) is 37.7 Å². The number of hydrogen-bond donors (Lipinski definition) is 0. The summed E-state index contributed by atoms with van der Waals surface area (Å²) in [5, 5.41) is 0. The van der Waals surface area contributed by atoms with Gasteiger partial charge >= 0.3 is 0 Å². The fourth-order valence-corrected chi connectivity index (χ4v) is 0.917. The predicted octanol–water partition coefficient (Wildman–Crippen LogP) is 4.44. The molecule has 0 amide bonds. The van der Waals surface area contributed by atoms with Gasteiger partial charge in [0, 0.05) is 13.1 Å². The van der Waals surface area contributed by atoms with Crippen LogP contribution in [0.2, 0.25) is 0 Å². The first kappa shape index (κ1) is 22.1. The van der Waals surface area contributed by atoms with E-state index in [-0.39, 0.29) is 0 Å². The van der Waals surface area contributed by atoms with Crippen molar-refractivity contribution in [1.29, 1.82) is 0 Å². The monoisotopic (exact) mass is 247 g/mol. The molecule has 0 aromatic rings. The summed E-state index contributed by atoms with van der Waals surface area (Å²) in [6.45, 7) is 22.1. The summed E-state index contributed by atoms with van der Waals surface area (Å²) in [5.41, 5.74) is 0. The molecule has 0 N–H and O–H groups in total. The molecule has 0 aliphatic carbocycles. The van der Waals surface area contributed by atoms with Crippen LogP contribution < -0.4 is 0 Å². The summed E-state index contributed by atoms with van der Waals surface area (Å²) in [4.78, 5) is 2.39. The van der Waals surface area contributed by atoms with Crippen LogP contribution in [0.4, 0.5) is 0 Å². The molecule has 1 saturated heterocycles. The van der Waals surface area contributed by atoms with E-state index in [0.29, 0.717) is 0 Å². The van der Waals surface area contributed by atoms with Crippen molar-refractivity contribution in [2.24, 2.45) is 5.92 Å². The van der Waals surface area contributed by atoms with E-state index in [1.807, 2.05) is 27.7 Å². The van der Waals surface area contributed by atoms with Gasteiger partial charge in [0.1, 0.15) is 0 Å². The molecule has 17 heavy (non-hydrogen) atoms. The average Bonchev–Trinajstić information content (AvgIpc) is 2.44. The summed E-state index contributed by atoms with van der Waals surface area (Å²) in [5.74, 6) is 0.884. The third kappa shape index (κ3) is 21.7. The highest BCUT2D eigenvalue weighted by atomic mass is 16.5. The van der Waals surface area contributed by atoms with Crippen LogP contribution in [0.25, 0.3) is 0 Å². The molecule has 1 aliphatic rings. The lowest BCUT2D eigenvalue weighted by atomic mass is 10.2. The largest absolute Gasteiger partial charge is 0.379 e. The Kier molecular flexibility index (Phi) is 27.6. The highest BCUT2D eigenvalue weighted by molar-refractivity contribution is 4.57. The molecule has 0 aromatic carbocycles. The Morgan fingerprint density at radius 3 is 1.47 bits per heavy atom. The highest BCUT2D eigenvalue weighted by Gasteiger charge is 2.05. The predicted molar refractivity (Wildman–Crippen MR) is 80.8 cm³/mol. The lowest BCUT2D eigenvalue weighted by Gasteiger charge is -2.24. The van der Waals surface area contributed by atoms with Gasteiger partial charge in [0.2, 0.25) is 0 Å². The molecule has 1 rings (SSSR count). The van der Waals surface area contributed by atoms with Gasteiger partial charge in [-0.25, -0.2) is 0 Å². The first-order valence-corrected chi connectivity index (χ1v) is 7.50. The van der Waals surface area contributed by atoms with Crippen molar-refractivity contribution >= 4 is 0 Å². The van der Waals surface area contributed by atoms with E-state index in [0.717, 1.165) is 32.2 Å². The molecule has 0 aromatic heterocycles. The summed E-state index contributed by atoms with van der Waals surface area (Å²) >= 11 is 0.